The predicted molar refractivity (Wildman–Crippen MR) is 69.5 cm³/mol. The van der Waals surface area contributed by atoms with Crippen LogP contribution in [0.2, 0.25) is 0 Å². The summed E-state index contributed by atoms with van der Waals surface area (Å²) < 4.78 is 24.4. The maximum absolute atomic E-state index is 13.7. The molecular formula is C15H13FO3. The SMILES string of the molecule is COc1ccccc1Oc1cccc(F)c1C(C)=O. The van der Waals surface area contributed by atoms with Gasteiger partial charge in [-0.05, 0) is 31.2 Å². The first kappa shape index (κ1) is 13.1. The van der Waals surface area contributed by atoms with Crippen molar-refractivity contribution in [2.75, 3.05) is 7.11 Å². The molecule has 2 aromatic rings. The van der Waals surface area contributed by atoms with Crippen LogP contribution in [0, 0.1) is 5.82 Å². The normalized spacial score (nSPS) is 10.1. The third-order valence-corrected chi connectivity index (χ3v) is 2.62. The van der Waals surface area contributed by atoms with Gasteiger partial charge in [-0.1, -0.05) is 18.2 Å². The van der Waals surface area contributed by atoms with Crippen molar-refractivity contribution in [1.82, 2.24) is 0 Å². The average molecular weight is 260 g/mol. The fourth-order valence-electron chi connectivity index (χ4n) is 1.75. The number of Topliss-reactive ketones (excluding diaryl/α,β-unsaturated/α-hetero) is 1. The van der Waals surface area contributed by atoms with E-state index >= 15 is 0 Å². The van der Waals surface area contributed by atoms with Gasteiger partial charge in [0.15, 0.2) is 17.3 Å². The van der Waals surface area contributed by atoms with Crippen LogP contribution < -0.4 is 9.47 Å². The van der Waals surface area contributed by atoms with Crippen LogP contribution in [0.25, 0.3) is 0 Å². The van der Waals surface area contributed by atoms with Crippen LogP contribution in [0.3, 0.4) is 0 Å². The van der Waals surface area contributed by atoms with E-state index in [4.69, 9.17) is 9.47 Å². The second-order valence-electron chi connectivity index (χ2n) is 3.92. The summed E-state index contributed by atoms with van der Waals surface area (Å²) in [6.07, 6.45) is 0. The second-order valence-corrected chi connectivity index (χ2v) is 3.92. The molecule has 0 N–H and O–H groups in total. The largest absolute Gasteiger partial charge is 0.493 e. The Kier molecular flexibility index (Phi) is 3.80. The molecular weight excluding hydrogens is 247 g/mol. The van der Waals surface area contributed by atoms with Crippen molar-refractivity contribution in [2.45, 2.75) is 6.92 Å². The van der Waals surface area contributed by atoms with Crippen molar-refractivity contribution in [3.63, 3.8) is 0 Å². The van der Waals surface area contributed by atoms with E-state index in [1.54, 1.807) is 30.3 Å². The van der Waals surface area contributed by atoms with Gasteiger partial charge < -0.3 is 9.47 Å². The fraction of sp³-hybridized carbons (Fsp3) is 0.133. The molecule has 0 aromatic heterocycles. The van der Waals surface area contributed by atoms with E-state index in [0.717, 1.165) is 0 Å². The molecule has 0 amide bonds. The number of carbonyl (C=O) groups excluding carboxylic acids is 1. The van der Waals surface area contributed by atoms with E-state index < -0.39 is 5.82 Å². The quantitative estimate of drug-likeness (QED) is 0.784. The number of carbonyl (C=O) groups is 1. The molecule has 0 bridgehead atoms. The van der Waals surface area contributed by atoms with Crippen molar-refractivity contribution in [1.29, 1.82) is 0 Å². The lowest BCUT2D eigenvalue weighted by Crippen LogP contribution is -2.01. The first-order chi connectivity index (χ1) is 9.13. The summed E-state index contributed by atoms with van der Waals surface area (Å²) >= 11 is 0. The van der Waals surface area contributed by atoms with Gasteiger partial charge in [0.2, 0.25) is 0 Å². The highest BCUT2D eigenvalue weighted by atomic mass is 19.1. The molecule has 0 heterocycles. The van der Waals surface area contributed by atoms with Gasteiger partial charge in [-0.15, -0.1) is 0 Å². The van der Waals surface area contributed by atoms with E-state index in [0.29, 0.717) is 11.5 Å². The Bertz CT molecular complexity index is 608. The lowest BCUT2D eigenvalue weighted by Gasteiger charge is -2.12. The third kappa shape index (κ3) is 2.73. The first-order valence-corrected chi connectivity index (χ1v) is 5.74. The van der Waals surface area contributed by atoms with Crippen molar-refractivity contribution in [3.05, 3.63) is 53.8 Å². The Labute approximate surface area is 110 Å². The number of rotatable bonds is 4. The number of para-hydroxylation sites is 2. The molecule has 2 aromatic carbocycles. The molecule has 0 aliphatic heterocycles. The maximum Gasteiger partial charge on any atom is 0.169 e. The Morgan fingerprint density at radius 2 is 1.63 bits per heavy atom. The summed E-state index contributed by atoms with van der Waals surface area (Å²) in [5.74, 6) is 0.138. The molecule has 0 aliphatic rings. The molecule has 0 atom stereocenters. The van der Waals surface area contributed by atoms with Gasteiger partial charge in [0.05, 0.1) is 12.7 Å². The minimum atomic E-state index is -0.597. The summed E-state index contributed by atoms with van der Waals surface area (Å²) in [6, 6.07) is 11.2. The van der Waals surface area contributed by atoms with Gasteiger partial charge in [0, 0.05) is 0 Å². The molecule has 2 rings (SSSR count). The maximum atomic E-state index is 13.7. The van der Waals surface area contributed by atoms with Crippen LogP contribution in [-0.4, -0.2) is 12.9 Å². The molecule has 98 valence electrons. The minimum absolute atomic E-state index is 0.0617. The summed E-state index contributed by atoms with van der Waals surface area (Å²) in [4.78, 5) is 11.5. The average Bonchev–Trinajstić information content (AvgIpc) is 2.39. The molecule has 19 heavy (non-hydrogen) atoms. The monoisotopic (exact) mass is 260 g/mol. The number of halogens is 1. The van der Waals surface area contributed by atoms with Crippen LogP contribution in [0.4, 0.5) is 4.39 Å². The zero-order valence-corrected chi connectivity index (χ0v) is 10.6. The summed E-state index contributed by atoms with van der Waals surface area (Å²) in [5.41, 5.74) is -0.0617. The van der Waals surface area contributed by atoms with Crippen LogP contribution in [0.5, 0.6) is 17.2 Å². The zero-order valence-electron chi connectivity index (χ0n) is 10.6. The highest BCUT2D eigenvalue weighted by Gasteiger charge is 2.15. The van der Waals surface area contributed by atoms with E-state index in [9.17, 15) is 9.18 Å². The number of ether oxygens (including phenoxy) is 2. The number of hydrogen-bond acceptors (Lipinski definition) is 3. The van der Waals surface area contributed by atoms with Crippen molar-refractivity contribution in [3.8, 4) is 17.2 Å². The Morgan fingerprint density at radius 1 is 1.00 bits per heavy atom. The second kappa shape index (κ2) is 5.52. The molecule has 3 nitrogen and oxygen atoms in total. The molecule has 0 saturated heterocycles. The summed E-state index contributed by atoms with van der Waals surface area (Å²) in [7, 11) is 1.51. The van der Waals surface area contributed by atoms with Crippen LogP contribution in [-0.2, 0) is 0 Å². The number of methoxy groups -OCH3 is 1. The Morgan fingerprint density at radius 3 is 2.26 bits per heavy atom. The first-order valence-electron chi connectivity index (χ1n) is 5.74. The van der Waals surface area contributed by atoms with Gasteiger partial charge >= 0.3 is 0 Å². The lowest BCUT2D eigenvalue weighted by molar-refractivity contribution is 0.101. The highest BCUT2D eigenvalue weighted by Crippen LogP contribution is 2.33. The highest BCUT2D eigenvalue weighted by molar-refractivity contribution is 5.97. The summed E-state index contributed by atoms with van der Waals surface area (Å²) in [5, 5.41) is 0. The Balaban J connectivity index is 2.44. The number of ketones is 1. The molecule has 0 unspecified atom stereocenters. The molecule has 0 saturated carbocycles. The minimum Gasteiger partial charge on any atom is -0.493 e. The number of hydrogen-bond donors (Lipinski definition) is 0. The molecule has 0 aliphatic carbocycles. The molecule has 0 radical (unpaired) electrons. The lowest BCUT2D eigenvalue weighted by atomic mass is 10.1. The third-order valence-electron chi connectivity index (χ3n) is 2.62. The van der Waals surface area contributed by atoms with Crippen molar-refractivity contribution in [2.24, 2.45) is 0 Å². The van der Waals surface area contributed by atoms with Gasteiger partial charge in [0.1, 0.15) is 11.6 Å². The van der Waals surface area contributed by atoms with Gasteiger partial charge in [-0.25, -0.2) is 4.39 Å². The van der Waals surface area contributed by atoms with Crippen LogP contribution in [0.1, 0.15) is 17.3 Å². The zero-order chi connectivity index (χ0) is 13.8. The van der Waals surface area contributed by atoms with E-state index in [1.807, 2.05) is 0 Å². The van der Waals surface area contributed by atoms with Crippen LogP contribution >= 0.6 is 0 Å². The van der Waals surface area contributed by atoms with Crippen molar-refractivity contribution >= 4 is 5.78 Å². The fourth-order valence-corrected chi connectivity index (χ4v) is 1.75. The van der Waals surface area contributed by atoms with E-state index in [2.05, 4.69) is 0 Å². The molecule has 0 spiro atoms. The van der Waals surface area contributed by atoms with E-state index in [-0.39, 0.29) is 17.1 Å². The predicted octanol–water partition coefficient (Wildman–Crippen LogP) is 3.83. The smallest absolute Gasteiger partial charge is 0.169 e. The Hall–Kier alpha value is -2.36. The standard InChI is InChI=1S/C15H13FO3/c1-10(17)15-11(16)6-5-9-14(15)19-13-8-4-3-7-12(13)18-2/h3-9H,1-2H3. The topological polar surface area (TPSA) is 35.5 Å². The molecule has 0 fully saturated rings. The van der Waals surface area contributed by atoms with Gasteiger partial charge in [-0.2, -0.15) is 0 Å². The van der Waals surface area contributed by atoms with Gasteiger partial charge in [-0.3, -0.25) is 4.79 Å². The summed E-state index contributed by atoms with van der Waals surface area (Å²) in [6.45, 7) is 1.30. The molecule has 4 heteroatoms. The van der Waals surface area contributed by atoms with Crippen LogP contribution in [0.15, 0.2) is 42.5 Å². The van der Waals surface area contributed by atoms with E-state index in [1.165, 1.54) is 26.2 Å². The van der Waals surface area contributed by atoms with Gasteiger partial charge in [0.25, 0.3) is 0 Å². The van der Waals surface area contributed by atoms with Crippen molar-refractivity contribution < 1.29 is 18.7 Å². The number of benzene rings is 2.